The van der Waals surface area contributed by atoms with Crippen molar-refractivity contribution < 1.29 is 0 Å². The molecule has 1 aromatic rings. The Balaban J connectivity index is 0.00000261. The monoisotopic (exact) mass is 488 g/mol. The van der Waals surface area contributed by atoms with Crippen molar-refractivity contribution in [2.45, 2.75) is 71.5 Å². The van der Waals surface area contributed by atoms with E-state index >= 15 is 0 Å². The third-order valence-corrected chi connectivity index (χ3v) is 5.83. The lowest BCUT2D eigenvalue weighted by molar-refractivity contribution is 0.242. The molecule has 1 aliphatic carbocycles. The zero-order valence-corrected chi connectivity index (χ0v) is 19.7. The van der Waals surface area contributed by atoms with Crippen molar-refractivity contribution in [3.05, 3.63) is 17.5 Å². The summed E-state index contributed by atoms with van der Waals surface area (Å²) in [6, 6.07) is 3.49. The molecule has 154 valence electrons. The number of rotatable bonds is 6. The summed E-state index contributed by atoms with van der Waals surface area (Å²) in [6.07, 6.45) is 6.83. The van der Waals surface area contributed by atoms with Crippen molar-refractivity contribution in [2.24, 2.45) is 10.9 Å². The van der Waals surface area contributed by atoms with Crippen molar-refractivity contribution >= 4 is 29.9 Å². The van der Waals surface area contributed by atoms with Gasteiger partial charge in [-0.3, -0.25) is 14.6 Å². The van der Waals surface area contributed by atoms with Crippen LogP contribution in [0.25, 0.3) is 0 Å². The lowest BCUT2D eigenvalue weighted by Crippen LogP contribution is -2.46. The third kappa shape index (κ3) is 6.34. The smallest absolute Gasteiger partial charge is 0.191 e. The molecule has 1 saturated heterocycles. The maximum Gasteiger partial charge on any atom is 0.191 e. The fraction of sp³-hybridized carbons (Fsp3) is 0.800. The van der Waals surface area contributed by atoms with Gasteiger partial charge in [0.2, 0.25) is 0 Å². The molecule has 7 heteroatoms. The van der Waals surface area contributed by atoms with Gasteiger partial charge < -0.3 is 10.6 Å². The van der Waals surface area contributed by atoms with Crippen molar-refractivity contribution in [3.63, 3.8) is 0 Å². The summed E-state index contributed by atoms with van der Waals surface area (Å²) < 4.78 is 2.11. The Morgan fingerprint density at radius 2 is 2.04 bits per heavy atom. The highest BCUT2D eigenvalue weighted by Gasteiger charge is 2.30. The van der Waals surface area contributed by atoms with Crippen molar-refractivity contribution in [1.29, 1.82) is 0 Å². The first-order valence-electron chi connectivity index (χ1n) is 10.3. The Labute approximate surface area is 181 Å². The van der Waals surface area contributed by atoms with Gasteiger partial charge in [0.1, 0.15) is 0 Å². The first-order chi connectivity index (χ1) is 12.5. The highest BCUT2D eigenvalue weighted by atomic mass is 127. The number of aryl methyl sites for hydroxylation is 2. The van der Waals surface area contributed by atoms with Gasteiger partial charge in [0.15, 0.2) is 5.96 Å². The molecular weight excluding hydrogens is 451 g/mol. The number of halogens is 1. The number of nitrogens with one attached hydrogen (secondary N) is 2. The van der Waals surface area contributed by atoms with Gasteiger partial charge in [-0.05, 0) is 45.1 Å². The maximum absolute atomic E-state index is 4.56. The molecule has 3 rings (SSSR count). The minimum absolute atomic E-state index is 0. The molecule has 2 N–H and O–H groups in total. The minimum atomic E-state index is 0. The van der Waals surface area contributed by atoms with Crippen LogP contribution < -0.4 is 10.6 Å². The van der Waals surface area contributed by atoms with Gasteiger partial charge in [-0.1, -0.05) is 19.8 Å². The van der Waals surface area contributed by atoms with Gasteiger partial charge in [0.05, 0.1) is 5.69 Å². The van der Waals surface area contributed by atoms with Crippen molar-refractivity contribution in [1.82, 2.24) is 25.3 Å². The summed E-state index contributed by atoms with van der Waals surface area (Å²) in [4.78, 5) is 7.11. The Kier molecular flexibility index (Phi) is 8.85. The molecule has 1 saturated carbocycles. The first kappa shape index (κ1) is 22.5. The second kappa shape index (κ2) is 10.6. The summed E-state index contributed by atoms with van der Waals surface area (Å²) in [5.74, 6) is 1.42. The molecule has 0 amide bonds. The quantitative estimate of drug-likeness (QED) is 0.368. The van der Waals surface area contributed by atoms with Crippen LogP contribution in [0.3, 0.4) is 0 Å². The van der Waals surface area contributed by atoms with E-state index in [0.29, 0.717) is 12.0 Å². The van der Waals surface area contributed by atoms with E-state index in [2.05, 4.69) is 57.1 Å². The SMILES string of the molecule is CN=C(NCC(C)Cn1nc(C)cc1C)NC1CCN(C2CCCC2)C1.I. The van der Waals surface area contributed by atoms with Gasteiger partial charge in [0.25, 0.3) is 0 Å². The zero-order chi connectivity index (χ0) is 18.5. The fourth-order valence-corrected chi connectivity index (χ4v) is 4.38. The van der Waals surface area contributed by atoms with E-state index in [4.69, 9.17) is 0 Å². The predicted octanol–water partition coefficient (Wildman–Crippen LogP) is 2.94. The number of likely N-dealkylation sites (tertiary alicyclic amines) is 1. The van der Waals surface area contributed by atoms with Gasteiger partial charge in [-0.15, -0.1) is 24.0 Å². The molecule has 0 radical (unpaired) electrons. The fourth-order valence-electron chi connectivity index (χ4n) is 4.38. The van der Waals surface area contributed by atoms with Crippen molar-refractivity contribution in [2.75, 3.05) is 26.7 Å². The number of nitrogens with zero attached hydrogens (tertiary/aromatic N) is 4. The number of hydrogen-bond donors (Lipinski definition) is 2. The molecule has 0 aromatic carbocycles. The van der Waals surface area contributed by atoms with Crippen LogP contribution in [0.4, 0.5) is 0 Å². The van der Waals surface area contributed by atoms with Crippen LogP contribution in [0.2, 0.25) is 0 Å². The molecule has 2 heterocycles. The van der Waals surface area contributed by atoms with E-state index in [1.54, 1.807) is 0 Å². The van der Waals surface area contributed by atoms with Crippen LogP contribution in [0.15, 0.2) is 11.1 Å². The Morgan fingerprint density at radius 1 is 1.30 bits per heavy atom. The molecule has 0 spiro atoms. The lowest BCUT2D eigenvalue weighted by atomic mass is 10.2. The molecule has 0 bridgehead atoms. The average molecular weight is 488 g/mol. The first-order valence-corrected chi connectivity index (χ1v) is 10.3. The van der Waals surface area contributed by atoms with Crippen LogP contribution in [-0.4, -0.2) is 59.4 Å². The summed E-state index contributed by atoms with van der Waals surface area (Å²) in [5, 5.41) is 11.7. The molecular formula is C20H37IN6. The van der Waals surface area contributed by atoms with Crippen molar-refractivity contribution in [3.8, 4) is 0 Å². The van der Waals surface area contributed by atoms with Crippen LogP contribution >= 0.6 is 24.0 Å². The van der Waals surface area contributed by atoms with Crippen LogP contribution in [0.1, 0.15) is 50.4 Å². The Morgan fingerprint density at radius 3 is 2.67 bits per heavy atom. The average Bonchev–Trinajstić information content (AvgIpc) is 3.33. The predicted molar refractivity (Wildman–Crippen MR) is 123 cm³/mol. The molecule has 1 aliphatic heterocycles. The van der Waals surface area contributed by atoms with Gasteiger partial charge in [0, 0.05) is 51.0 Å². The molecule has 2 aliphatic rings. The number of aliphatic imine (C=N–C) groups is 1. The Bertz CT molecular complexity index is 608. The molecule has 2 unspecified atom stereocenters. The summed E-state index contributed by atoms with van der Waals surface area (Å²) in [6.45, 7) is 10.7. The standard InChI is InChI=1S/C20H36N6.HI/c1-15(13-26-17(3)11-16(2)24-26)12-22-20(21-4)23-18-9-10-25(14-18)19-7-5-6-8-19;/h11,15,18-19H,5-10,12-14H2,1-4H3,(H2,21,22,23);1H. The second-order valence-electron chi connectivity index (χ2n) is 8.23. The molecule has 27 heavy (non-hydrogen) atoms. The number of hydrogen-bond acceptors (Lipinski definition) is 3. The van der Waals surface area contributed by atoms with Crippen LogP contribution in [0, 0.1) is 19.8 Å². The van der Waals surface area contributed by atoms with E-state index in [0.717, 1.165) is 37.3 Å². The Hall–Kier alpha value is -0.830. The third-order valence-electron chi connectivity index (χ3n) is 5.83. The highest BCUT2D eigenvalue weighted by Crippen LogP contribution is 2.26. The van der Waals surface area contributed by atoms with Crippen LogP contribution in [0.5, 0.6) is 0 Å². The normalized spacial score (nSPS) is 22.7. The molecule has 6 nitrogen and oxygen atoms in total. The minimum Gasteiger partial charge on any atom is -0.356 e. The number of aromatic nitrogens is 2. The highest BCUT2D eigenvalue weighted by molar-refractivity contribution is 14.0. The number of guanidine groups is 1. The molecule has 1 aromatic heterocycles. The van der Waals surface area contributed by atoms with E-state index in [1.165, 1.54) is 44.3 Å². The summed E-state index contributed by atoms with van der Waals surface area (Å²) >= 11 is 0. The summed E-state index contributed by atoms with van der Waals surface area (Å²) in [7, 11) is 1.87. The second-order valence-corrected chi connectivity index (χ2v) is 8.23. The molecule has 2 atom stereocenters. The van der Waals surface area contributed by atoms with E-state index in [1.807, 2.05) is 7.05 Å². The van der Waals surface area contributed by atoms with E-state index < -0.39 is 0 Å². The van der Waals surface area contributed by atoms with E-state index in [-0.39, 0.29) is 24.0 Å². The van der Waals surface area contributed by atoms with Crippen LogP contribution in [-0.2, 0) is 6.54 Å². The summed E-state index contributed by atoms with van der Waals surface area (Å²) in [5.41, 5.74) is 2.32. The van der Waals surface area contributed by atoms with Gasteiger partial charge in [-0.25, -0.2) is 0 Å². The largest absolute Gasteiger partial charge is 0.356 e. The van der Waals surface area contributed by atoms with E-state index in [9.17, 15) is 0 Å². The lowest BCUT2D eigenvalue weighted by Gasteiger charge is -2.24. The molecule has 2 fully saturated rings. The van der Waals surface area contributed by atoms with Gasteiger partial charge >= 0.3 is 0 Å². The zero-order valence-electron chi connectivity index (χ0n) is 17.4. The maximum atomic E-state index is 4.56. The van der Waals surface area contributed by atoms with Gasteiger partial charge in [-0.2, -0.15) is 5.10 Å². The topological polar surface area (TPSA) is 57.5 Å².